The van der Waals surface area contributed by atoms with Gasteiger partial charge in [-0.25, -0.2) is 0 Å². The second-order valence-electron chi connectivity index (χ2n) is 10.6. The van der Waals surface area contributed by atoms with E-state index in [4.69, 9.17) is 4.74 Å². The lowest BCUT2D eigenvalue weighted by Gasteiger charge is -2.27. The van der Waals surface area contributed by atoms with Crippen LogP contribution >= 0.6 is 0 Å². The number of carboxylic acid groups (broad SMARTS) is 1. The third-order valence-corrected chi connectivity index (χ3v) is 7.65. The molecule has 2 fully saturated rings. The van der Waals surface area contributed by atoms with Gasteiger partial charge in [0.1, 0.15) is 6.10 Å². The van der Waals surface area contributed by atoms with Crippen molar-refractivity contribution in [2.75, 3.05) is 43.0 Å². The van der Waals surface area contributed by atoms with Crippen molar-refractivity contribution >= 4 is 35.1 Å². The topological polar surface area (TPSA) is 141 Å². The predicted octanol–water partition coefficient (Wildman–Crippen LogP) is 3.50. The number of ether oxygens (including phenoxy) is 1. The highest BCUT2D eigenvalue weighted by atomic mass is 16.5. The van der Waals surface area contributed by atoms with Crippen LogP contribution in [0.15, 0.2) is 73.1 Å². The molecule has 11 nitrogen and oxygen atoms in total. The fraction of sp³-hybridized carbons (Fsp3) is 0.344. The van der Waals surface area contributed by atoms with Gasteiger partial charge in [-0.3, -0.25) is 24.2 Å². The zero-order chi connectivity index (χ0) is 30.2. The molecule has 2 aliphatic heterocycles. The third-order valence-electron chi connectivity index (χ3n) is 7.65. The van der Waals surface area contributed by atoms with E-state index in [2.05, 4.69) is 20.5 Å². The maximum Gasteiger partial charge on any atom is 0.305 e. The van der Waals surface area contributed by atoms with Crippen LogP contribution in [0.4, 0.5) is 11.4 Å². The van der Waals surface area contributed by atoms with Gasteiger partial charge >= 0.3 is 5.97 Å². The summed E-state index contributed by atoms with van der Waals surface area (Å²) in [6.07, 6.45) is 4.35. The maximum atomic E-state index is 13.4. The van der Waals surface area contributed by atoms with Crippen LogP contribution in [0.25, 0.3) is 0 Å². The van der Waals surface area contributed by atoms with Crippen LogP contribution in [0.5, 0.6) is 0 Å². The lowest BCUT2D eigenvalue weighted by Crippen LogP contribution is -2.35. The molecular weight excluding hydrogens is 550 g/mol. The summed E-state index contributed by atoms with van der Waals surface area (Å²) < 4.78 is 5.58. The molecule has 1 aromatic heterocycles. The number of aliphatic carboxylic acids is 1. The average molecular weight is 586 g/mol. The summed E-state index contributed by atoms with van der Waals surface area (Å²) in [5.74, 6) is -1.85. The van der Waals surface area contributed by atoms with E-state index in [1.165, 1.54) is 6.20 Å². The number of hydrogen-bond donors (Lipinski definition) is 3. The molecule has 2 aliphatic rings. The van der Waals surface area contributed by atoms with Gasteiger partial charge in [-0.2, -0.15) is 0 Å². The van der Waals surface area contributed by atoms with Crippen molar-refractivity contribution in [2.24, 2.45) is 0 Å². The van der Waals surface area contributed by atoms with Gasteiger partial charge in [0.2, 0.25) is 0 Å². The van der Waals surface area contributed by atoms with E-state index in [9.17, 15) is 24.3 Å². The molecule has 3 aromatic rings. The van der Waals surface area contributed by atoms with Gasteiger partial charge in [-0.1, -0.05) is 24.3 Å². The molecule has 3 heterocycles. The van der Waals surface area contributed by atoms with E-state index in [0.29, 0.717) is 56.0 Å². The van der Waals surface area contributed by atoms with E-state index in [1.807, 2.05) is 35.2 Å². The van der Waals surface area contributed by atoms with E-state index in [0.717, 1.165) is 18.5 Å². The molecule has 2 aromatic carbocycles. The smallest absolute Gasteiger partial charge is 0.305 e. The number of hydrogen-bond acceptors (Lipinski definition) is 7. The van der Waals surface area contributed by atoms with E-state index < -0.39 is 24.0 Å². The van der Waals surface area contributed by atoms with Gasteiger partial charge < -0.3 is 30.3 Å². The molecular formula is C32H35N5O6. The molecule has 11 heteroatoms. The summed E-state index contributed by atoms with van der Waals surface area (Å²) in [5.41, 5.74) is 2.66. The number of rotatable bonds is 9. The largest absolute Gasteiger partial charge is 0.481 e. The second-order valence-corrected chi connectivity index (χ2v) is 10.6. The van der Waals surface area contributed by atoms with E-state index >= 15 is 0 Å². The number of nitrogens with zero attached hydrogens (tertiary/aromatic N) is 3. The summed E-state index contributed by atoms with van der Waals surface area (Å²) in [4.78, 5) is 59.1. The van der Waals surface area contributed by atoms with Crippen LogP contribution < -0.4 is 15.5 Å². The Balaban J connectivity index is 1.37. The molecule has 0 aliphatic carbocycles. The van der Waals surface area contributed by atoms with Crippen molar-refractivity contribution in [3.63, 3.8) is 0 Å². The van der Waals surface area contributed by atoms with Gasteiger partial charge in [-0.15, -0.1) is 0 Å². The zero-order valence-corrected chi connectivity index (χ0v) is 23.8. The fourth-order valence-electron chi connectivity index (χ4n) is 5.43. The minimum atomic E-state index is -1.06. The highest BCUT2D eigenvalue weighted by Crippen LogP contribution is 2.30. The number of amides is 3. The first-order valence-electron chi connectivity index (χ1n) is 14.5. The number of benzene rings is 2. The minimum absolute atomic E-state index is 0.0223. The summed E-state index contributed by atoms with van der Waals surface area (Å²) >= 11 is 0. The van der Waals surface area contributed by atoms with Gasteiger partial charge in [0, 0.05) is 56.3 Å². The van der Waals surface area contributed by atoms with Crippen LogP contribution in [0.3, 0.4) is 0 Å². The van der Waals surface area contributed by atoms with E-state index in [-0.39, 0.29) is 23.8 Å². The SMILES string of the molecule is O=C(O)CC(NC(=O)c1ccc(N2CCCN(C(=O)c3ccccc3)CC2)c(NC(=O)C2CCCO2)c1)c1cccnc1. The minimum Gasteiger partial charge on any atom is -0.481 e. The van der Waals surface area contributed by atoms with E-state index in [1.54, 1.807) is 36.5 Å². The Morgan fingerprint density at radius 3 is 2.51 bits per heavy atom. The van der Waals surface area contributed by atoms with Crippen LogP contribution in [0.2, 0.25) is 0 Å². The van der Waals surface area contributed by atoms with Crippen molar-refractivity contribution in [3.8, 4) is 0 Å². The number of nitrogens with one attached hydrogen (secondary N) is 2. The number of carboxylic acids is 1. The number of anilines is 2. The Morgan fingerprint density at radius 1 is 0.953 bits per heavy atom. The van der Waals surface area contributed by atoms with Gasteiger partial charge in [0.25, 0.3) is 17.7 Å². The molecule has 3 amide bonds. The highest BCUT2D eigenvalue weighted by Gasteiger charge is 2.27. The first-order chi connectivity index (χ1) is 20.9. The third kappa shape index (κ3) is 7.55. The Hall–Kier alpha value is -4.77. The molecule has 0 spiro atoms. The standard InChI is InChI=1S/C32H35N5O6/c38-29(39)20-25(24-9-4-13-33-21-24)34-30(40)23-11-12-27(26(19-23)35-31(41)28-10-5-18-43-28)36-14-6-15-37(17-16-36)32(42)22-7-2-1-3-8-22/h1-4,7-9,11-13,19,21,25,28H,5-6,10,14-18,20H2,(H,34,40)(H,35,41)(H,38,39). The Morgan fingerprint density at radius 2 is 1.79 bits per heavy atom. The first-order valence-corrected chi connectivity index (χ1v) is 14.5. The summed E-state index contributed by atoms with van der Waals surface area (Å²) in [6, 6.07) is 16.8. The number of carbonyl (C=O) groups is 4. The van der Waals surface area contributed by atoms with Gasteiger partial charge in [0.05, 0.1) is 23.8 Å². The molecule has 0 saturated carbocycles. The molecule has 0 radical (unpaired) electrons. The lowest BCUT2D eigenvalue weighted by atomic mass is 10.0. The average Bonchev–Trinajstić information content (AvgIpc) is 3.46. The summed E-state index contributed by atoms with van der Waals surface area (Å²) in [7, 11) is 0. The van der Waals surface area contributed by atoms with Crippen LogP contribution in [0.1, 0.15) is 58.0 Å². The Bertz CT molecular complexity index is 1450. The summed E-state index contributed by atoms with van der Waals surface area (Å²) in [5, 5.41) is 15.2. The Kier molecular flexibility index (Phi) is 9.63. The van der Waals surface area contributed by atoms with Crippen molar-refractivity contribution in [3.05, 3.63) is 89.7 Å². The molecule has 43 heavy (non-hydrogen) atoms. The lowest BCUT2D eigenvalue weighted by molar-refractivity contribution is -0.137. The van der Waals surface area contributed by atoms with Gasteiger partial charge in [-0.05, 0) is 61.2 Å². The molecule has 2 saturated heterocycles. The highest BCUT2D eigenvalue weighted by molar-refractivity contribution is 6.01. The van der Waals surface area contributed by atoms with Crippen molar-refractivity contribution in [1.29, 1.82) is 0 Å². The fourth-order valence-corrected chi connectivity index (χ4v) is 5.43. The molecule has 0 bridgehead atoms. The zero-order valence-electron chi connectivity index (χ0n) is 23.8. The number of carbonyl (C=O) groups excluding carboxylic acids is 3. The normalized spacial score (nSPS) is 17.5. The van der Waals surface area contributed by atoms with Crippen molar-refractivity contribution in [1.82, 2.24) is 15.2 Å². The van der Waals surface area contributed by atoms with Gasteiger partial charge in [0.15, 0.2) is 0 Å². The molecule has 5 rings (SSSR count). The molecule has 224 valence electrons. The van der Waals surface area contributed by atoms with Crippen molar-refractivity contribution < 1.29 is 29.0 Å². The second kappa shape index (κ2) is 13.9. The molecule has 2 unspecified atom stereocenters. The quantitative estimate of drug-likeness (QED) is 0.347. The predicted molar refractivity (Wildman–Crippen MR) is 160 cm³/mol. The first kappa shape index (κ1) is 29.7. The van der Waals surface area contributed by atoms with Crippen LogP contribution in [-0.2, 0) is 14.3 Å². The number of aromatic nitrogens is 1. The molecule has 3 N–H and O–H groups in total. The van der Waals surface area contributed by atoms with Crippen LogP contribution in [-0.4, -0.2) is 77.6 Å². The summed E-state index contributed by atoms with van der Waals surface area (Å²) in [6.45, 7) is 2.80. The maximum absolute atomic E-state index is 13.4. The van der Waals surface area contributed by atoms with Crippen molar-refractivity contribution in [2.45, 2.75) is 37.8 Å². The Labute approximate surface area is 249 Å². The van der Waals surface area contributed by atoms with Crippen LogP contribution in [0, 0.1) is 0 Å². The molecule has 2 atom stereocenters. The number of pyridine rings is 1. The monoisotopic (exact) mass is 585 g/mol.